The summed E-state index contributed by atoms with van der Waals surface area (Å²) in [6.45, 7) is 2.81. The van der Waals surface area contributed by atoms with Gasteiger partial charge in [0.1, 0.15) is 5.69 Å². The Morgan fingerprint density at radius 3 is 3.11 bits per heavy atom. The first-order valence-corrected chi connectivity index (χ1v) is 7.22. The minimum atomic E-state index is 0.0455. The second kappa shape index (κ2) is 7.94. The molecule has 0 saturated heterocycles. The molecular weight excluding hydrogens is 248 g/mol. The molecule has 0 aliphatic carbocycles. The van der Waals surface area contributed by atoms with E-state index in [0.717, 1.165) is 17.7 Å². The first-order valence-electron chi connectivity index (χ1n) is 5.83. The number of thioether (sulfide) groups is 1. The zero-order chi connectivity index (χ0) is 13.4. The number of amidine groups is 1. The molecule has 0 spiro atoms. The highest BCUT2D eigenvalue weighted by molar-refractivity contribution is 7.98. The number of nitrogens with two attached hydrogens (primary N) is 1. The summed E-state index contributed by atoms with van der Waals surface area (Å²) in [6, 6.07) is 4.20. The molecule has 0 aliphatic rings. The average molecular weight is 268 g/mol. The largest absolute Gasteiger partial charge is 0.409 e. The number of aromatic nitrogens is 1. The van der Waals surface area contributed by atoms with Crippen LogP contribution in [0.25, 0.3) is 0 Å². The molecule has 1 aromatic heterocycles. The van der Waals surface area contributed by atoms with Gasteiger partial charge in [0, 0.05) is 18.8 Å². The molecule has 0 bridgehead atoms. The lowest BCUT2D eigenvalue weighted by Gasteiger charge is -2.14. The van der Waals surface area contributed by atoms with Gasteiger partial charge < -0.3 is 16.3 Å². The first-order chi connectivity index (χ1) is 8.69. The van der Waals surface area contributed by atoms with Crippen molar-refractivity contribution in [2.24, 2.45) is 10.9 Å². The van der Waals surface area contributed by atoms with Gasteiger partial charge in [0.05, 0.1) is 0 Å². The van der Waals surface area contributed by atoms with Crippen LogP contribution < -0.4 is 11.1 Å². The third-order valence-electron chi connectivity index (χ3n) is 2.64. The van der Waals surface area contributed by atoms with Crippen LogP contribution in [0.15, 0.2) is 23.5 Å². The summed E-state index contributed by atoms with van der Waals surface area (Å²) in [7, 11) is 0. The van der Waals surface area contributed by atoms with Gasteiger partial charge in [-0.15, -0.1) is 0 Å². The van der Waals surface area contributed by atoms with Gasteiger partial charge in [-0.25, -0.2) is 0 Å². The SMILES string of the molecule is CSCCC(C)NCc1cccnc1/C(N)=N/O. The summed E-state index contributed by atoms with van der Waals surface area (Å²) < 4.78 is 0. The van der Waals surface area contributed by atoms with E-state index in [4.69, 9.17) is 10.9 Å². The van der Waals surface area contributed by atoms with Crippen LogP contribution in [-0.2, 0) is 6.54 Å². The molecule has 1 unspecified atom stereocenters. The van der Waals surface area contributed by atoms with Gasteiger partial charge in [-0.1, -0.05) is 11.2 Å². The Balaban J connectivity index is 2.62. The number of rotatable bonds is 7. The van der Waals surface area contributed by atoms with Crippen LogP contribution in [-0.4, -0.2) is 34.1 Å². The predicted octanol–water partition coefficient (Wildman–Crippen LogP) is 1.41. The van der Waals surface area contributed by atoms with Gasteiger partial charge in [0.25, 0.3) is 0 Å². The van der Waals surface area contributed by atoms with Gasteiger partial charge in [0.15, 0.2) is 5.84 Å². The number of pyridine rings is 1. The summed E-state index contributed by atoms with van der Waals surface area (Å²) in [6.07, 6.45) is 4.85. The van der Waals surface area contributed by atoms with Crippen molar-refractivity contribution in [3.63, 3.8) is 0 Å². The van der Waals surface area contributed by atoms with Crippen LogP contribution in [0.1, 0.15) is 24.6 Å². The standard InChI is InChI=1S/C12H20N4OS/c1-9(5-7-18-2)15-8-10-4-3-6-14-11(10)12(13)16-17/h3-4,6,9,15,17H,5,7-8H2,1-2H3,(H2,13,16). The monoisotopic (exact) mass is 268 g/mol. The van der Waals surface area contributed by atoms with Crippen LogP contribution in [0.5, 0.6) is 0 Å². The van der Waals surface area contributed by atoms with Gasteiger partial charge in [-0.05, 0) is 37.0 Å². The van der Waals surface area contributed by atoms with E-state index < -0.39 is 0 Å². The van der Waals surface area contributed by atoms with Crippen molar-refractivity contribution in [2.75, 3.05) is 12.0 Å². The fraction of sp³-hybridized carbons (Fsp3) is 0.500. The van der Waals surface area contributed by atoms with Crippen molar-refractivity contribution < 1.29 is 5.21 Å². The molecule has 1 atom stereocenters. The fourth-order valence-corrected chi connectivity index (χ4v) is 2.13. The van der Waals surface area contributed by atoms with Crippen molar-refractivity contribution in [3.8, 4) is 0 Å². The van der Waals surface area contributed by atoms with Crippen LogP contribution in [0.4, 0.5) is 0 Å². The van der Waals surface area contributed by atoms with E-state index in [1.54, 1.807) is 6.20 Å². The molecule has 0 amide bonds. The number of hydrogen-bond donors (Lipinski definition) is 3. The molecule has 0 radical (unpaired) electrons. The summed E-state index contributed by atoms with van der Waals surface area (Å²) in [5, 5.41) is 15.1. The van der Waals surface area contributed by atoms with Gasteiger partial charge in [0.2, 0.25) is 0 Å². The van der Waals surface area contributed by atoms with E-state index in [0.29, 0.717) is 18.3 Å². The maximum Gasteiger partial charge on any atom is 0.189 e. The molecule has 0 saturated carbocycles. The summed E-state index contributed by atoms with van der Waals surface area (Å²) >= 11 is 1.84. The molecule has 0 fully saturated rings. The average Bonchev–Trinajstić information content (AvgIpc) is 2.42. The summed E-state index contributed by atoms with van der Waals surface area (Å²) in [4.78, 5) is 4.13. The van der Waals surface area contributed by atoms with E-state index >= 15 is 0 Å². The molecule has 100 valence electrons. The number of oxime groups is 1. The summed E-state index contributed by atoms with van der Waals surface area (Å²) in [5.41, 5.74) is 7.05. The second-order valence-corrected chi connectivity index (χ2v) is 5.05. The van der Waals surface area contributed by atoms with Crippen molar-refractivity contribution in [3.05, 3.63) is 29.6 Å². The number of nitrogens with zero attached hydrogens (tertiary/aromatic N) is 2. The Morgan fingerprint density at radius 2 is 2.44 bits per heavy atom. The molecule has 0 aliphatic heterocycles. The molecule has 1 aromatic rings. The van der Waals surface area contributed by atoms with Gasteiger partial charge >= 0.3 is 0 Å². The normalized spacial score (nSPS) is 13.6. The molecule has 18 heavy (non-hydrogen) atoms. The zero-order valence-corrected chi connectivity index (χ0v) is 11.6. The maximum atomic E-state index is 8.71. The highest BCUT2D eigenvalue weighted by Gasteiger charge is 2.09. The Bertz CT molecular complexity index is 397. The highest BCUT2D eigenvalue weighted by atomic mass is 32.2. The third kappa shape index (κ3) is 4.54. The molecule has 1 rings (SSSR count). The third-order valence-corrected chi connectivity index (χ3v) is 3.28. The lowest BCUT2D eigenvalue weighted by Crippen LogP contribution is -2.28. The summed E-state index contributed by atoms with van der Waals surface area (Å²) in [5.74, 6) is 1.18. The first kappa shape index (κ1) is 14.8. The molecule has 0 aromatic carbocycles. The Morgan fingerprint density at radius 1 is 1.67 bits per heavy atom. The number of nitrogens with one attached hydrogen (secondary N) is 1. The van der Waals surface area contributed by atoms with Gasteiger partial charge in [-0.3, -0.25) is 4.98 Å². The van der Waals surface area contributed by atoms with Crippen LogP contribution in [0.3, 0.4) is 0 Å². The van der Waals surface area contributed by atoms with Crippen LogP contribution in [0.2, 0.25) is 0 Å². The topological polar surface area (TPSA) is 83.5 Å². The highest BCUT2D eigenvalue weighted by Crippen LogP contribution is 2.06. The fourth-order valence-electron chi connectivity index (χ4n) is 1.54. The molecule has 1 heterocycles. The quantitative estimate of drug-likeness (QED) is 0.301. The Labute approximate surface area is 112 Å². The van der Waals surface area contributed by atoms with Crippen molar-refractivity contribution in [1.29, 1.82) is 0 Å². The van der Waals surface area contributed by atoms with Crippen LogP contribution in [0, 0.1) is 0 Å². The lowest BCUT2D eigenvalue weighted by molar-refractivity contribution is 0.318. The minimum absolute atomic E-state index is 0.0455. The molecular formula is C12H20N4OS. The van der Waals surface area contributed by atoms with E-state index in [-0.39, 0.29) is 5.84 Å². The number of hydrogen-bond acceptors (Lipinski definition) is 5. The van der Waals surface area contributed by atoms with Gasteiger partial charge in [-0.2, -0.15) is 11.8 Å². The van der Waals surface area contributed by atoms with Crippen molar-refractivity contribution >= 4 is 17.6 Å². The van der Waals surface area contributed by atoms with Crippen molar-refractivity contribution in [1.82, 2.24) is 10.3 Å². The van der Waals surface area contributed by atoms with Crippen LogP contribution >= 0.6 is 11.8 Å². The smallest absolute Gasteiger partial charge is 0.189 e. The zero-order valence-electron chi connectivity index (χ0n) is 10.8. The van der Waals surface area contributed by atoms with E-state index in [2.05, 4.69) is 28.6 Å². The lowest BCUT2D eigenvalue weighted by atomic mass is 10.1. The molecule has 4 N–H and O–H groups in total. The predicted molar refractivity (Wildman–Crippen MR) is 76.0 cm³/mol. The molecule has 6 heteroatoms. The minimum Gasteiger partial charge on any atom is -0.409 e. The van der Waals surface area contributed by atoms with E-state index in [1.807, 2.05) is 23.9 Å². The Kier molecular flexibility index (Phi) is 6.53. The maximum absolute atomic E-state index is 8.71. The van der Waals surface area contributed by atoms with E-state index in [9.17, 15) is 0 Å². The van der Waals surface area contributed by atoms with Crippen molar-refractivity contribution in [2.45, 2.75) is 25.9 Å². The second-order valence-electron chi connectivity index (χ2n) is 4.06. The molecule has 5 nitrogen and oxygen atoms in total. The van der Waals surface area contributed by atoms with E-state index in [1.165, 1.54) is 0 Å². The Hall–Kier alpha value is -1.27.